The number of nitrogens with one attached hydrogen (secondary N) is 1. The summed E-state index contributed by atoms with van der Waals surface area (Å²) in [6, 6.07) is 0. The maximum atomic E-state index is 10.5. The average molecular weight is 202 g/mol. The van der Waals surface area contributed by atoms with Crippen molar-refractivity contribution in [2.45, 2.75) is 27.2 Å². The van der Waals surface area contributed by atoms with Crippen molar-refractivity contribution in [1.29, 1.82) is 0 Å². The molecular formula is C10H16ClNO. The second-order valence-corrected chi connectivity index (χ2v) is 3.60. The minimum absolute atomic E-state index is 0.0110. The van der Waals surface area contributed by atoms with Crippen LogP contribution in [-0.2, 0) is 4.79 Å². The highest BCUT2D eigenvalue weighted by Crippen LogP contribution is 2.03. The summed E-state index contributed by atoms with van der Waals surface area (Å²) in [7, 11) is 0. The van der Waals surface area contributed by atoms with Crippen molar-refractivity contribution in [3.05, 3.63) is 22.8 Å². The van der Waals surface area contributed by atoms with Gasteiger partial charge in [-0.25, -0.2) is 0 Å². The molecular weight excluding hydrogens is 186 g/mol. The highest BCUT2D eigenvalue weighted by atomic mass is 35.5. The fraction of sp³-hybridized carbons (Fsp3) is 0.500. The third-order valence-corrected chi connectivity index (χ3v) is 1.62. The van der Waals surface area contributed by atoms with Crippen LogP contribution in [0, 0.1) is 0 Å². The van der Waals surface area contributed by atoms with Crippen molar-refractivity contribution >= 4 is 17.5 Å². The molecule has 3 heteroatoms. The number of amides is 1. The molecule has 13 heavy (non-hydrogen) atoms. The molecule has 0 fully saturated rings. The van der Waals surface area contributed by atoms with Gasteiger partial charge in [0, 0.05) is 18.5 Å². The zero-order chi connectivity index (χ0) is 10.3. The van der Waals surface area contributed by atoms with E-state index >= 15 is 0 Å². The van der Waals surface area contributed by atoms with Gasteiger partial charge in [0.05, 0.1) is 0 Å². The lowest BCUT2D eigenvalue weighted by atomic mass is 10.2. The van der Waals surface area contributed by atoms with Crippen molar-refractivity contribution < 1.29 is 4.79 Å². The molecule has 0 radical (unpaired) electrons. The Balaban J connectivity index is 3.74. The predicted octanol–water partition coefficient (Wildman–Crippen LogP) is 2.60. The third kappa shape index (κ3) is 9.15. The summed E-state index contributed by atoms with van der Waals surface area (Å²) in [5, 5.41) is 3.49. The molecule has 0 aliphatic heterocycles. The fourth-order valence-electron chi connectivity index (χ4n) is 0.776. The zero-order valence-corrected chi connectivity index (χ0v) is 9.11. The maximum Gasteiger partial charge on any atom is 0.216 e. The van der Waals surface area contributed by atoms with E-state index in [4.69, 9.17) is 11.6 Å². The Kier molecular flexibility index (Phi) is 6.33. The van der Waals surface area contributed by atoms with Crippen LogP contribution in [0.3, 0.4) is 0 Å². The van der Waals surface area contributed by atoms with Crippen molar-refractivity contribution in [1.82, 2.24) is 5.32 Å². The van der Waals surface area contributed by atoms with Crippen LogP contribution in [0.2, 0.25) is 0 Å². The van der Waals surface area contributed by atoms with Crippen LogP contribution in [0.5, 0.6) is 0 Å². The first-order chi connectivity index (χ1) is 6.02. The van der Waals surface area contributed by atoms with Crippen molar-refractivity contribution in [2.24, 2.45) is 0 Å². The van der Waals surface area contributed by atoms with E-state index in [1.165, 1.54) is 12.5 Å². The Morgan fingerprint density at radius 1 is 1.31 bits per heavy atom. The van der Waals surface area contributed by atoms with E-state index in [0.717, 1.165) is 11.5 Å². The molecule has 0 saturated carbocycles. The molecule has 1 amide bonds. The Labute approximate surface area is 84.7 Å². The number of hydrogen-bond donors (Lipinski definition) is 1. The number of carbonyl (C=O) groups is 1. The van der Waals surface area contributed by atoms with Crippen molar-refractivity contribution in [3.63, 3.8) is 0 Å². The second-order valence-electron chi connectivity index (χ2n) is 3.00. The first-order valence-electron chi connectivity index (χ1n) is 4.26. The summed E-state index contributed by atoms with van der Waals surface area (Å²) in [6.07, 6.45) is 4.68. The lowest BCUT2D eigenvalue weighted by molar-refractivity contribution is -0.118. The topological polar surface area (TPSA) is 29.1 Å². The molecule has 0 aromatic heterocycles. The van der Waals surface area contributed by atoms with Crippen LogP contribution in [0.15, 0.2) is 22.8 Å². The molecule has 0 saturated heterocycles. The minimum atomic E-state index is 0.0110. The predicted molar refractivity (Wildman–Crippen MR) is 56.7 cm³/mol. The van der Waals surface area contributed by atoms with Gasteiger partial charge in [-0.1, -0.05) is 23.3 Å². The molecule has 0 unspecified atom stereocenters. The summed E-state index contributed by atoms with van der Waals surface area (Å²) < 4.78 is 0. The molecule has 0 aromatic rings. The lowest BCUT2D eigenvalue weighted by Crippen LogP contribution is -2.20. The second kappa shape index (κ2) is 6.72. The van der Waals surface area contributed by atoms with E-state index in [-0.39, 0.29) is 5.91 Å². The normalized spacial score (nSPS) is 12.9. The number of carbonyl (C=O) groups excluding carboxylic acids is 1. The highest BCUT2D eigenvalue weighted by molar-refractivity contribution is 6.29. The van der Waals surface area contributed by atoms with Gasteiger partial charge in [0.2, 0.25) is 5.91 Å². The monoisotopic (exact) mass is 201 g/mol. The summed E-state index contributed by atoms with van der Waals surface area (Å²) >= 11 is 5.65. The molecule has 0 aliphatic rings. The summed E-state index contributed by atoms with van der Waals surface area (Å²) in [6.45, 7) is 6.05. The zero-order valence-electron chi connectivity index (χ0n) is 8.36. The molecule has 0 rings (SSSR count). The van der Waals surface area contributed by atoms with E-state index in [1.807, 2.05) is 26.0 Å². The molecule has 0 spiro atoms. The lowest BCUT2D eigenvalue weighted by Gasteiger charge is -2.01. The summed E-state index contributed by atoms with van der Waals surface area (Å²) in [4.78, 5) is 10.5. The first-order valence-corrected chi connectivity index (χ1v) is 4.64. The van der Waals surface area contributed by atoms with Crippen LogP contribution in [-0.4, -0.2) is 12.5 Å². The van der Waals surface area contributed by atoms with E-state index in [1.54, 1.807) is 0 Å². The Morgan fingerprint density at radius 2 is 1.92 bits per heavy atom. The quantitative estimate of drug-likeness (QED) is 0.697. The minimum Gasteiger partial charge on any atom is -0.356 e. The molecule has 74 valence electrons. The standard InChI is InChI=1S/C10H16ClNO/c1-8(4-5-9(2)11)6-7-12-10(3)13/h4-5H,6-7H2,1-3H3,(H,12,13). The first kappa shape index (κ1) is 12.2. The van der Waals surface area contributed by atoms with Crippen LogP contribution < -0.4 is 5.32 Å². The number of rotatable bonds is 4. The van der Waals surface area contributed by atoms with E-state index in [0.29, 0.717) is 6.54 Å². The van der Waals surface area contributed by atoms with E-state index in [2.05, 4.69) is 5.32 Å². The fourth-order valence-corrected chi connectivity index (χ4v) is 0.839. The Morgan fingerprint density at radius 3 is 2.38 bits per heavy atom. The molecule has 0 aromatic carbocycles. The van der Waals surface area contributed by atoms with E-state index in [9.17, 15) is 4.79 Å². The third-order valence-electron chi connectivity index (χ3n) is 1.49. The molecule has 2 nitrogen and oxygen atoms in total. The summed E-state index contributed by atoms with van der Waals surface area (Å²) in [5.74, 6) is 0.0110. The van der Waals surface area contributed by atoms with E-state index < -0.39 is 0 Å². The largest absolute Gasteiger partial charge is 0.356 e. The SMILES string of the molecule is CC(=O)NCCC(C)=CC=C(C)Cl. The molecule has 0 bridgehead atoms. The van der Waals surface area contributed by atoms with Gasteiger partial charge in [-0.15, -0.1) is 0 Å². The van der Waals surface area contributed by atoms with Crippen LogP contribution in [0.1, 0.15) is 27.2 Å². The molecule has 1 N–H and O–H groups in total. The summed E-state index contributed by atoms with van der Waals surface area (Å²) in [5.41, 5.74) is 1.20. The highest BCUT2D eigenvalue weighted by Gasteiger charge is 1.91. The van der Waals surface area contributed by atoms with Crippen molar-refractivity contribution in [3.8, 4) is 0 Å². The number of hydrogen-bond acceptors (Lipinski definition) is 1. The maximum absolute atomic E-state index is 10.5. The molecule has 0 atom stereocenters. The Bertz CT molecular complexity index is 227. The van der Waals surface area contributed by atoms with Gasteiger partial charge in [-0.2, -0.15) is 0 Å². The number of allylic oxidation sites excluding steroid dienone is 3. The average Bonchev–Trinajstić information content (AvgIpc) is 2.00. The van der Waals surface area contributed by atoms with Crippen molar-refractivity contribution in [2.75, 3.05) is 6.54 Å². The van der Waals surface area contributed by atoms with Crippen LogP contribution in [0.25, 0.3) is 0 Å². The van der Waals surface area contributed by atoms with Gasteiger partial charge in [0.1, 0.15) is 0 Å². The van der Waals surface area contributed by atoms with Gasteiger partial charge < -0.3 is 5.32 Å². The van der Waals surface area contributed by atoms with Gasteiger partial charge >= 0.3 is 0 Å². The number of halogens is 1. The van der Waals surface area contributed by atoms with Gasteiger partial charge in [-0.05, 0) is 26.3 Å². The van der Waals surface area contributed by atoms with Crippen LogP contribution >= 0.6 is 11.6 Å². The molecule has 0 aliphatic carbocycles. The van der Waals surface area contributed by atoms with Gasteiger partial charge in [0.15, 0.2) is 0 Å². The van der Waals surface area contributed by atoms with Crippen LogP contribution in [0.4, 0.5) is 0 Å². The smallest absolute Gasteiger partial charge is 0.216 e. The Hall–Kier alpha value is -0.760. The molecule has 0 heterocycles. The van der Waals surface area contributed by atoms with Gasteiger partial charge in [0.25, 0.3) is 0 Å². The van der Waals surface area contributed by atoms with Gasteiger partial charge in [-0.3, -0.25) is 4.79 Å².